The van der Waals surface area contributed by atoms with Gasteiger partial charge in [-0.3, -0.25) is 4.21 Å². The zero-order valence-electron chi connectivity index (χ0n) is 7.90. The van der Waals surface area contributed by atoms with Crippen LogP contribution in [-0.2, 0) is 11.3 Å². The Balaban J connectivity index is 4.24. The lowest BCUT2D eigenvalue weighted by atomic mass is 10.1. The summed E-state index contributed by atoms with van der Waals surface area (Å²) < 4.78 is 22.5. The molecule has 0 saturated carbocycles. The summed E-state index contributed by atoms with van der Waals surface area (Å²) in [7, 11) is 0. The van der Waals surface area contributed by atoms with Gasteiger partial charge < -0.3 is 14.4 Å². The highest BCUT2D eigenvalue weighted by Crippen LogP contribution is 2.05. The molecule has 0 saturated heterocycles. The highest BCUT2D eigenvalue weighted by atomic mass is 32.2. The van der Waals surface area contributed by atoms with Gasteiger partial charge in [0.25, 0.3) is 0 Å². The minimum Gasteiger partial charge on any atom is -0.755 e. The smallest absolute Gasteiger partial charge is 0.0948 e. The fourth-order valence-electron chi connectivity index (χ4n) is 0.568. The van der Waals surface area contributed by atoms with Gasteiger partial charge in [0, 0.05) is 22.9 Å². The molecule has 0 fully saturated rings. The third-order valence-corrected chi connectivity index (χ3v) is 1.83. The quantitative estimate of drug-likeness (QED) is 0.412. The van der Waals surface area contributed by atoms with E-state index >= 15 is 0 Å². The zero-order chi connectivity index (χ0) is 10.4. The molecule has 1 unspecified atom stereocenters. The third-order valence-electron chi connectivity index (χ3n) is 1.34. The first kappa shape index (κ1) is 12.2. The Bertz CT molecular complexity index is 246. The summed E-state index contributed by atoms with van der Waals surface area (Å²) in [5.74, 6) is 0.264. The van der Waals surface area contributed by atoms with E-state index in [9.17, 15) is 13.9 Å². The normalized spacial score (nSPS) is 16.1. The van der Waals surface area contributed by atoms with Crippen molar-refractivity contribution < 1.29 is 13.9 Å². The molecule has 13 heavy (non-hydrogen) atoms. The van der Waals surface area contributed by atoms with Gasteiger partial charge in [0.05, 0.1) is 5.76 Å². The molecule has 0 heterocycles. The summed E-state index contributed by atoms with van der Waals surface area (Å²) >= 11 is -2.30. The van der Waals surface area contributed by atoms with Gasteiger partial charge in [0.15, 0.2) is 0 Å². The maximum absolute atomic E-state index is 10.2. The van der Waals surface area contributed by atoms with Crippen molar-refractivity contribution >= 4 is 11.3 Å². The average molecular weight is 204 g/mol. The summed E-state index contributed by atoms with van der Waals surface area (Å²) in [6, 6.07) is 0. The van der Waals surface area contributed by atoms with Crippen molar-refractivity contribution in [3.63, 3.8) is 0 Å². The highest BCUT2D eigenvalue weighted by Gasteiger charge is 1.96. The van der Waals surface area contributed by atoms with Gasteiger partial charge in [-0.1, -0.05) is 13.8 Å². The Morgan fingerprint density at radius 1 is 1.54 bits per heavy atom. The lowest BCUT2D eigenvalue weighted by Gasteiger charge is -2.07. The molecule has 0 bridgehead atoms. The number of aliphatic hydroxyl groups is 1. The molecular formula is C8H14NO3S-. The van der Waals surface area contributed by atoms with Crippen LogP contribution in [0.1, 0.15) is 20.8 Å². The minimum atomic E-state index is -2.30. The Morgan fingerprint density at radius 2 is 2.08 bits per heavy atom. The molecular weight excluding hydrogens is 190 g/mol. The highest BCUT2D eigenvalue weighted by molar-refractivity contribution is 7.77. The number of hydrogen-bond donors (Lipinski definition) is 2. The largest absolute Gasteiger partial charge is 0.755 e. The van der Waals surface area contributed by atoms with Crippen LogP contribution < -0.4 is 4.72 Å². The first-order valence-corrected chi connectivity index (χ1v) is 4.94. The second-order valence-electron chi connectivity index (χ2n) is 2.93. The first-order valence-electron chi connectivity index (χ1n) is 3.87. The molecule has 2 N–H and O–H groups in total. The molecule has 0 aromatic heterocycles. The summed E-state index contributed by atoms with van der Waals surface area (Å²) in [5, 5.41) is 9.24. The van der Waals surface area contributed by atoms with Crippen LogP contribution in [0.2, 0.25) is 0 Å². The van der Waals surface area contributed by atoms with Gasteiger partial charge in [-0.05, 0) is 19.1 Å². The maximum Gasteiger partial charge on any atom is 0.0948 e. The first-order chi connectivity index (χ1) is 5.93. The van der Waals surface area contributed by atoms with Gasteiger partial charge in [-0.2, -0.15) is 0 Å². The number of aliphatic hydroxyl groups excluding tert-OH is 1. The van der Waals surface area contributed by atoms with E-state index in [0.29, 0.717) is 5.70 Å². The van der Waals surface area contributed by atoms with E-state index in [1.54, 1.807) is 6.92 Å². The fraction of sp³-hybridized carbons (Fsp3) is 0.500. The summed E-state index contributed by atoms with van der Waals surface area (Å²) in [6.07, 6.45) is 2.98. The number of hydrogen-bond acceptors (Lipinski definition) is 3. The second-order valence-corrected chi connectivity index (χ2v) is 3.61. The molecule has 5 heteroatoms. The molecule has 4 nitrogen and oxygen atoms in total. The Kier molecular flexibility index (Phi) is 5.41. The number of rotatable bonds is 4. The van der Waals surface area contributed by atoms with Crippen LogP contribution in [0.3, 0.4) is 0 Å². The van der Waals surface area contributed by atoms with Crippen molar-refractivity contribution in [1.29, 1.82) is 0 Å². The number of nitrogens with one attached hydrogen (secondary N) is 1. The van der Waals surface area contributed by atoms with Gasteiger partial charge in [-0.15, -0.1) is 0 Å². The van der Waals surface area contributed by atoms with E-state index in [1.165, 1.54) is 12.2 Å². The van der Waals surface area contributed by atoms with Crippen molar-refractivity contribution in [3.05, 3.63) is 23.6 Å². The van der Waals surface area contributed by atoms with Crippen LogP contribution in [0.15, 0.2) is 23.6 Å². The number of allylic oxidation sites excluding steroid dienone is 4. The van der Waals surface area contributed by atoms with Crippen molar-refractivity contribution in [2.75, 3.05) is 0 Å². The van der Waals surface area contributed by atoms with E-state index in [2.05, 4.69) is 4.72 Å². The van der Waals surface area contributed by atoms with Gasteiger partial charge in [0.1, 0.15) is 0 Å². The van der Waals surface area contributed by atoms with E-state index < -0.39 is 11.3 Å². The Morgan fingerprint density at radius 3 is 2.46 bits per heavy atom. The van der Waals surface area contributed by atoms with E-state index in [4.69, 9.17) is 0 Å². The minimum absolute atomic E-state index is 0.0433. The molecule has 0 aromatic carbocycles. The predicted octanol–water partition coefficient (Wildman–Crippen LogP) is 1.37. The van der Waals surface area contributed by atoms with E-state index in [-0.39, 0.29) is 11.7 Å². The topological polar surface area (TPSA) is 72.4 Å². The Labute approximate surface area is 80.8 Å². The third kappa shape index (κ3) is 6.36. The summed E-state index contributed by atoms with van der Waals surface area (Å²) in [6.45, 7) is 5.28. The Hall–Kier alpha value is -0.810. The van der Waals surface area contributed by atoms with Crippen molar-refractivity contribution in [2.45, 2.75) is 20.8 Å². The van der Waals surface area contributed by atoms with Gasteiger partial charge in [0.2, 0.25) is 0 Å². The SMILES string of the molecule is C/C(=C\C=C(\O)C(C)C)NS(=O)[O-]. The van der Waals surface area contributed by atoms with Gasteiger partial charge in [-0.25, -0.2) is 0 Å². The van der Waals surface area contributed by atoms with Crippen LogP contribution in [0, 0.1) is 5.92 Å². The van der Waals surface area contributed by atoms with Crippen LogP contribution in [0.4, 0.5) is 0 Å². The standard InChI is InChI=1S/C8H15NO3S/c1-6(2)8(10)5-4-7(3)9-13(11)12/h4-6,9-10H,1-3H3,(H,11,12)/p-1/b7-4+,8-5+. The van der Waals surface area contributed by atoms with E-state index in [0.717, 1.165) is 0 Å². The summed E-state index contributed by atoms with van der Waals surface area (Å²) in [4.78, 5) is 0. The predicted molar refractivity (Wildman–Crippen MR) is 51.4 cm³/mol. The van der Waals surface area contributed by atoms with Crippen LogP contribution >= 0.6 is 0 Å². The second kappa shape index (κ2) is 5.77. The van der Waals surface area contributed by atoms with Crippen molar-refractivity contribution in [3.8, 4) is 0 Å². The molecule has 0 amide bonds. The van der Waals surface area contributed by atoms with Crippen LogP contribution in [-0.4, -0.2) is 13.9 Å². The maximum atomic E-state index is 10.2. The molecule has 0 aliphatic rings. The van der Waals surface area contributed by atoms with E-state index in [1.807, 2.05) is 13.8 Å². The van der Waals surface area contributed by atoms with Crippen LogP contribution in [0.25, 0.3) is 0 Å². The van der Waals surface area contributed by atoms with Crippen molar-refractivity contribution in [1.82, 2.24) is 4.72 Å². The fourth-order valence-corrected chi connectivity index (χ4v) is 0.899. The average Bonchev–Trinajstić information content (AvgIpc) is 1.98. The monoisotopic (exact) mass is 204 g/mol. The van der Waals surface area contributed by atoms with Crippen LogP contribution in [0.5, 0.6) is 0 Å². The molecule has 0 aromatic rings. The zero-order valence-corrected chi connectivity index (χ0v) is 8.72. The lowest BCUT2D eigenvalue weighted by Crippen LogP contribution is -2.13. The van der Waals surface area contributed by atoms with Gasteiger partial charge >= 0.3 is 0 Å². The summed E-state index contributed by atoms with van der Waals surface area (Å²) in [5.41, 5.74) is 0.459. The molecule has 76 valence electrons. The molecule has 0 aliphatic carbocycles. The molecule has 0 radical (unpaired) electrons. The molecule has 0 rings (SSSR count). The van der Waals surface area contributed by atoms with Crippen molar-refractivity contribution in [2.24, 2.45) is 5.92 Å². The molecule has 1 atom stereocenters. The molecule has 0 spiro atoms. The molecule has 0 aliphatic heterocycles. The lowest BCUT2D eigenvalue weighted by molar-refractivity contribution is 0.352.